The summed E-state index contributed by atoms with van der Waals surface area (Å²) in [6, 6.07) is 9.72. The van der Waals surface area contributed by atoms with Crippen LogP contribution in [0.3, 0.4) is 0 Å². The zero-order chi connectivity index (χ0) is 23.6. The number of sulfonamides is 1. The summed E-state index contributed by atoms with van der Waals surface area (Å²) in [6.07, 6.45) is 4.68. The lowest BCUT2D eigenvalue weighted by Gasteiger charge is -2.31. The number of carbonyl (C=O) groups excluding carboxylic acids is 1. The van der Waals surface area contributed by atoms with Crippen LogP contribution in [0.25, 0.3) is 12.2 Å². The van der Waals surface area contributed by atoms with Gasteiger partial charge in [0.1, 0.15) is 5.69 Å². The highest BCUT2D eigenvalue weighted by atomic mass is 32.2. The first-order chi connectivity index (χ1) is 15.7. The number of amides is 1. The van der Waals surface area contributed by atoms with Crippen molar-refractivity contribution in [2.45, 2.75) is 38.5 Å². The molecule has 0 aliphatic carbocycles. The van der Waals surface area contributed by atoms with Crippen LogP contribution in [-0.4, -0.2) is 36.9 Å². The molecule has 2 aromatic heterocycles. The zero-order valence-corrected chi connectivity index (χ0v) is 20.5. The Morgan fingerprint density at radius 1 is 1.21 bits per heavy atom. The molecule has 3 aromatic rings. The van der Waals surface area contributed by atoms with Crippen molar-refractivity contribution in [3.8, 4) is 0 Å². The minimum Gasteiger partial charge on any atom is -0.355 e. The van der Waals surface area contributed by atoms with Crippen molar-refractivity contribution in [3.05, 3.63) is 63.2 Å². The number of rotatable bonds is 6. The van der Waals surface area contributed by atoms with Gasteiger partial charge in [0.25, 0.3) is 0 Å². The number of hydrogen-bond acceptors (Lipinski definition) is 6. The van der Waals surface area contributed by atoms with E-state index in [-0.39, 0.29) is 23.1 Å². The molecule has 1 atom stereocenters. The van der Waals surface area contributed by atoms with E-state index >= 15 is 0 Å². The van der Waals surface area contributed by atoms with Gasteiger partial charge in [0.15, 0.2) is 10.7 Å². The molecule has 9 heteroatoms. The fourth-order valence-corrected chi connectivity index (χ4v) is 6.53. The number of nitrogens with one attached hydrogen (secondary N) is 1. The van der Waals surface area contributed by atoms with E-state index in [1.54, 1.807) is 30.4 Å². The van der Waals surface area contributed by atoms with Crippen LogP contribution in [-0.2, 0) is 14.8 Å². The smallest absolute Gasteiger partial charge is 0.248 e. The Bertz CT molecular complexity index is 1260. The van der Waals surface area contributed by atoms with Crippen molar-refractivity contribution < 1.29 is 17.7 Å². The monoisotopic (exact) mass is 485 g/mol. The average Bonchev–Trinajstić information content (AvgIpc) is 3.41. The zero-order valence-electron chi connectivity index (χ0n) is 18.9. The summed E-state index contributed by atoms with van der Waals surface area (Å²) in [5.41, 5.74) is 3.16. The Balaban J connectivity index is 1.53. The van der Waals surface area contributed by atoms with E-state index in [2.05, 4.69) is 10.5 Å². The van der Waals surface area contributed by atoms with Crippen LogP contribution in [0.15, 0.2) is 45.1 Å². The number of carbonyl (C=O) groups is 1. The quantitative estimate of drug-likeness (QED) is 0.538. The molecule has 33 heavy (non-hydrogen) atoms. The minimum absolute atomic E-state index is 0.0608. The maximum Gasteiger partial charge on any atom is 0.248 e. The number of aryl methyl sites for hydroxylation is 3. The number of benzene rings is 1. The van der Waals surface area contributed by atoms with E-state index in [0.717, 1.165) is 21.7 Å². The summed E-state index contributed by atoms with van der Waals surface area (Å²) in [5, 5.41) is 8.80. The van der Waals surface area contributed by atoms with Gasteiger partial charge in [-0.25, -0.2) is 8.42 Å². The largest absolute Gasteiger partial charge is 0.355 e. The molecule has 1 aliphatic rings. The molecule has 1 saturated heterocycles. The third kappa shape index (κ3) is 5.26. The second kappa shape index (κ2) is 9.62. The van der Waals surface area contributed by atoms with Crippen LogP contribution >= 0.6 is 11.3 Å². The van der Waals surface area contributed by atoms with E-state index in [0.29, 0.717) is 25.1 Å². The molecule has 1 aromatic carbocycles. The molecule has 0 bridgehead atoms. The first-order valence-corrected chi connectivity index (χ1v) is 13.1. The van der Waals surface area contributed by atoms with Crippen molar-refractivity contribution in [1.29, 1.82) is 0 Å². The number of nitrogens with zero attached hydrogens (tertiary/aromatic N) is 2. The van der Waals surface area contributed by atoms with Crippen LogP contribution < -0.4 is 5.32 Å². The average molecular weight is 486 g/mol. The molecule has 4 rings (SSSR count). The third-order valence-corrected chi connectivity index (χ3v) is 8.48. The van der Waals surface area contributed by atoms with Gasteiger partial charge >= 0.3 is 0 Å². The van der Waals surface area contributed by atoms with Crippen molar-refractivity contribution >= 4 is 45.1 Å². The Labute approximate surface area is 198 Å². The topological polar surface area (TPSA) is 92.5 Å². The first-order valence-electron chi connectivity index (χ1n) is 10.8. The second-order valence-electron chi connectivity index (χ2n) is 8.38. The predicted molar refractivity (Wildman–Crippen MR) is 131 cm³/mol. The molecule has 7 nitrogen and oxygen atoms in total. The van der Waals surface area contributed by atoms with Crippen molar-refractivity contribution in [2.24, 2.45) is 5.92 Å². The maximum absolute atomic E-state index is 13.5. The fraction of sp³-hybridized carbons (Fsp3) is 0.333. The number of anilines is 1. The molecule has 174 valence electrons. The molecule has 3 heterocycles. The van der Waals surface area contributed by atoms with Gasteiger partial charge in [0.2, 0.25) is 15.9 Å². The molecule has 0 radical (unpaired) electrons. The molecule has 0 unspecified atom stereocenters. The van der Waals surface area contributed by atoms with Crippen LogP contribution in [0.5, 0.6) is 0 Å². The number of hydrogen-bond donors (Lipinski definition) is 1. The molecule has 1 amide bonds. The number of piperidine rings is 1. The standard InChI is InChI=1S/C24H27N3O4S2/c1-16-12-17(2)14-20(13-16)25-24(28)19-6-4-10-27(15-19)33(29,30)23-18(3)26-31-22(23)9-8-21-7-5-11-32-21/h5,7-9,11-14,19H,4,6,10,15H2,1-3H3,(H,25,28)/b9-8+/t19-/m0/s1. The van der Waals surface area contributed by atoms with Crippen molar-refractivity contribution in [2.75, 3.05) is 18.4 Å². The molecular formula is C24H27N3O4S2. The van der Waals surface area contributed by atoms with Gasteiger partial charge in [0, 0.05) is 23.7 Å². The fourth-order valence-electron chi connectivity index (χ4n) is 4.14. The molecule has 0 spiro atoms. The summed E-state index contributed by atoms with van der Waals surface area (Å²) >= 11 is 1.54. The molecular weight excluding hydrogens is 458 g/mol. The van der Waals surface area contributed by atoms with Crippen LogP contribution in [0.1, 0.15) is 40.3 Å². The maximum atomic E-state index is 13.5. The lowest BCUT2D eigenvalue weighted by Crippen LogP contribution is -2.43. The van der Waals surface area contributed by atoms with Crippen molar-refractivity contribution in [1.82, 2.24) is 9.46 Å². The predicted octanol–water partition coefficient (Wildman–Crippen LogP) is 4.87. The Morgan fingerprint density at radius 2 is 1.97 bits per heavy atom. The van der Waals surface area contributed by atoms with Gasteiger partial charge in [-0.05, 0) is 80.5 Å². The summed E-state index contributed by atoms with van der Waals surface area (Å²) in [5.74, 6) is -0.401. The lowest BCUT2D eigenvalue weighted by molar-refractivity contribution is -0.120. The Morgan fingerprint density at radius 3 is 2.67 bits per heavy atom. The van der Waals surface area contributed by atoms with Crippen molar-refractivity contribution in [3.63, 3.8) is 0 Å². The van der Waals surface area contributed by atoms with Gasteiger partial charge < -0.3 is 9.84 Å². The summed E-state index contributed by atoms with van der Waals surface area (Å²) in [7, 11) is -3.87. The summed E-state index contributed by atoms with van der Waals surface area (Å²) < 4.78 is 33.8. The minimum atomic E-state index is -3.87. The summed E-state index contributed by atoms with van der Waals surface area (Å²) in [6.45, 7) is 6.05. The van der Waals surface area contributed by atoms with E-state index in [4.69, 9.17) is 4.52 Å². The van der Waals surface area contributed by atoms with Crippen LogP contribution in [0.2, 0.25) is 0 Å². The van der Waals surface area contributed by atoms with Gasteiger partial charge in [-0.3, -0.25) is 4.79 Å². The van der Waals surface area contributed by atoms with Gasteiger partial charge in [0.05, 0.1) is 5.92 Å². The van der Waals surface area contributed by atoms with E-state index in [1.165, 1.54) is 4.31 Å². The molecule has 1 aliphatic heterocycles. The highest BCUT2D eigenvalue weighted by Crippen LogP contribution is 2.30. The number of thiophene rings is 1. The van der Waals surface area contributed by atoms with Gasteiger partial charge in [-0.15, -0.1) is 11.3 Å². The lowest BCUT2D eigenvalue weighted by atomic mass is 9.98. The second-order valence-corrected chi connectivity index (χ2v) is 11.2. The number of aromatic nitrogens is 1. The third-order valence-electron chi connectivity index (χ3n) is 5.62. The summed E-state index contributed by atoms with van der Waals surface area (Å²) in [4.78, 5) is 14.0. The highest BCUT2D eigenvalue weighted by Gasteiger charge is 2.37. The molecule has 1 N–H and O–H groups in total. The normalized spacial score (nSPS) is 17.5. The Hall–Kier alpha value is -2.75. The van der Waals surface area contributed by atoms with Gasteiger partial charge in [-0.2, -0.15) is 4.31 Å². The molecule has 1 fully saturated rings. The SMILES string of the molecule is Cc1cc(C)cc(NC(=O)[C@H]2CCCN(S(=O)(=O)c3c(C)noc3/C=C/c3cccs3)C2)c1. The molecule has 0 saturated carbocycles. The van der Waals surface area contributed by atoms with E-state index in [9.17, 15) is 13.2 Å². The van der Waals surface area contributed by atoms with E-state index in [1.807, 2.05) is 49.6 Å². The Kier molecular flexibility index (Phi) is 6.83. The first kappa shape index (κ1) is 23.4. The van der Waals surface area contributed by atoms with Gasteiger partial charge in [-0.1, -0.05) is 17.3 Å². The van der Waals surface area contributed by atoms with E-state index < -0.39 is 15.9 Å². The highest BCUT2D eigenvalue weighted by molar-refractivity contribution is 7.89. The van der Waals surface area contributed by atoms with Crippen LogP contribution in [0, 0.1) is 26.7 Å². The van der Waals surface area contributed by atoms with Crippen LogP contribution in [0.4, 0.5) is 5.69 Å².